The van der Waals surface area contributed by atoms with Gasteiger partial charge < -0.3 is 10.0 Å². The van der Waals surface area contributed by atoms with Crippen LogP contribution in [0, 0.1) is 5.92 Å². The Hall–Kier alpha value is -0.570. The van der Waals surface area contributed by atoms with Gasteiger partial charge in [0.1, 0.15) is 0 Å². The Bertz CT molecular complexity index is 211. The fourth-order valence-corrected chi connectivity index (χ4v) is 1.60. The molecule has 1 aliphatic heterocycles. The van der Waals surface area contributed by atoms with Crippen LogP contribution in [0.1, 0.15) is 40.0 Å². The Labute approximate surface area is 86.1 Å². The largest absolute Gasteiger partial charge is 0.388 e. The van der Waals surface area contributed by atoms with Crippen molar-refractivity contribution in [2.75, 3.05) is 13.1 Å². The molecule has 1 atom stereocenters. The SMILES string of the molecule is CC(C)C(C)(O)CN1CCCCC1=O. The molecule has 0 aliphatic carbocycles. The number of β-amino-alcohol motifs (C(OH)–C–C–N with tert-alkyl or cyclic N) is 1. The maximum absolute atomic E-state index is 11.5. The molecule has 82 valence electrons. The average Bonchev–Trinajstić information content (AvgIpc) is 2.08. The minimum absolute atomic E-state index is 0.178. The third kappa shape index (κ3) is 2.71. The molecular formula is C11H21NO2. The first-order valence-electron chi connectivity index (χ1n) is 5.43. The lowest BCUT2D eigenvalue weighted by Crippen LogP contribution is -2.48. The summed E-state index contributed by atoms with van der Waals surface area (Å²) in [7, 11) is 0. The lowest BCUT2D eigenvalue weighted by atomic mass is 9.91. The molecule has 3 nitrogen and oxygen atoms in total. The van der Waals surface area contributed by atoms with Crippen LogP contribution in [0.4, 0.5) is 0 Å². The summed E-state index contributed by atoms with van der Waals surface area (Å²) in [5.41, 5.74) is -0.757. The topological polar surface area (TPSA) is 40.5 Å². The molecule has 0 aromatic carbocycles. The Kier molecular flexibility index (Phi) is 3.53. The van der Waals surface area contributed by atoms with Gasteiger partial charge in [-0.1, -0.05) is 13.8 Å². The van der Waals surface area contributed by atoms with Gasteiger partial charge in [-0.15, -0.1) is 0 Å². The Balaban J connectivity index is 2.53. The summed E-state index contributed by atoms with van der Waals surface area (Å²) < 4.78 is 0. The predicted molar refractivity (Wildman–Crippen MR) is 55.9 cm³/mol. The maximum Gasteiger partial charge on any atom is 0.222 e. The fourth-order valence-electron chi connectivity index (χ4n) is 1.60. The summed E-state index contributed by atoms with van der Waals surface area (Å²) in [6.45, 7) is 7.05. The fraction of sp³-hybridized carbons (Fsp3) is 0.909. The Morgan fingerprint density at radius 3 is 2.64 bits per heavy atom. The minimum atomic E-state index is -0.757. The zero-order valence-corrected chi connectivity index (χ0v) is 9.42. The maximum atomic E-state index is 11.5. The van der Waals surface area contributed by atoms with Gasteiger partial charge in [-0.2, -0.15) is 0 Å². The zero-order chi connectivity index (χ0) is 10.8. The lowest BCUT2D eigenvalue weighted by Gasteiger charge is -2.36. The second-order valence-corrected chi connectivity index (χ2v) is 4.78. The summed E-state index contributed by atoms with van der Waals surface area (Å²) in [6, 6.07) is 0. The molecule has 0 spiro atoms. The minimum Gasteiger partial charge on any atom is -0.388 e. The van der Waals surface area contributed by atoms with Crippen molar-refractivity contribution < 1.29 is 9.90 Å². The van der Waals surface area contributed by atoms with Gasteiger partial charge in [0, 0.05) is 19.5 Å². The van der Waals surface area contributed by atoms with Crippen LogP contribution in [0.2, 0.25) is 0 Å². The number of nitrogens with zero attached hydrogens (tertiary/aromatic N) is 1. The number of piperidine rings is 1. The van der Waals surface area contributed by atoms with Crippen LogP contribution in [0.15, 0.2) is 0 Å². The highest BCUT2D eigenvalue weighted by Gasteiger charge is 2.30. The first-order valence-corrected chi connectivity index (χ1v) is 5.43. The number of carbonyl (C=O) groups is 1. The van der Waals surface area contributed by atoms with Crippen LogP contribution < -0.4 is 0 Å². The Morgan fingerprint density at radius 1 is 1.50 bits per heavy atom. The molecule has 1 amide bonds. The van der Waals surface area contributed by atoms with Gasteiger partial charge in [0.25, 0.3) is 0 Å². The molecular weight excluding hydrogens is 178 g/mol. The molecule has 1 heterocycles. The van der Waals surface area contributed by atoms with E-state index in [4.69, 9.17) is 0 Å². The number of aliphatic hydroxyl groups is 1. The van der Waals surface area contributed by atoms with Crippen molar-refractivity contribution >= 4 is 5.91 Å². The van der Waals surface area contributed by atoms with Crippen molar-refractivity contribution in [1.82, 2.24) is 4.90 Å². The molecule has 0 radical (unpaired) electrons. The van der Waals surface area contributed by atoms with E-state index in [1.165, 1.54) is 0 Å². The molecule has 0 aromatic rings. The third-order valence-electron chi connectivity index (χ3n) is 3.18. The first-order chi connectivity index (χ1) is 6.43. The van der Waals surface area contributed by atoms with Crippen molar-refractivity contribution in [3.05, 3.63) is 0 Å². The summed E-state index contributed by atoms with van der Waals surface area (Å²) >= 11 is 0. The van der Waals surface area contributed by atoms with Gasteiger partial charge >= 0.3 is 0 Å². The van der Waals surface area contributed by atoms with Crippen LogP contribution in [0.25, 0.3) is 0 Å². The van der Waals surface area contributed by atoms with Crippen LogP contribution in [-0.2, 0) is 4.79 Å². The molecule has 1 saturated heterocycles. The van der Waals surface area contributed by atoms with E-state index in [-0.39, 0.29) is 11.8 Å². The number of amides is 1. The molecule has 0 aromatic heterocycles. The van der Waals surface area contributed by atoms with E-state index in [0.717, 1.165) is 19.4 Å². The Morgan fingerprint density at radius 2 is 2.14 bits per heavy atom. The molecule has 0 saturated carbocycles. The summed E-state index contributed by atoms with van der Waals surface area (Å²) in [4.78, 5) is 13.3. The highest BCUT2D eigenvalue weighted by molar-refractivity contribution is 5.76. The van der Waals surface area contributed by atoms with E-state index in [0.29, 0.717) is 13.0 Å². The van der Waals surface area contributed by atoms with Crippen LogP contribution in [-0.4, -0.2) is 34.6 Å². The number of rotatable bonds is 3. The smallest absolute Gasteiger partial charge is 0.222 e. The normalized spacial score (nSPS) is 22.6. The molecule has 1 aliphatic rings. The van der Waals surface area contributed by atoms with Crippen molar-refractivity contribution in [2.45, 2.75) is 45.6 Å². The van der Waals surface area contributed by atoms with E-state index in [2.05, 4.69) is 0 Å². The highest BCUT2D eigenvalue weighted by Crippen LogP contribution is 2.20. The summed E-state index contributed by atoms with van der Waals surface area (Å²) in [6.07, 6.45) is 2.72. The molecule has 0 bridgehead atoms. The van der Waals surface area contributed by atoms with E-state index in [1.807, 2.05) is 13.8 Å². The van der Waals surface area contributed by atoms with E-state index in [1.54, 1.807) is 11.8 Å². The van der Waals surface area contributed by atoms with Crippen molar-refractivity contribution in [3.63, 3.8) is 0 Å². The van der Waals surface area contributed by atoms with Crippen molar-refractivity contribution in [1.29, 1.82) is 0 Å². The van der Waals surface area contributed by atoms with Gasteiger partial charge in [-0.25, -0.2) is 0 Å². The highest BCUT2D eigenvalue weighted by atomic mass is 16.3. The van der Waals surface area contributed by atoms with E-state index in [9.17, 15) is 9.90 Å². The van der Waals surface area contributed by atoms with Gasteiger partial charge in [-0.3, -0.25) is 4.79 Å². The molecule has 1 rings (SSSR count). The molecule has 1 fully saturated rings. The van der Waals surface area contributed by atoms with Gasteiger partial charge in [0.05, 0.1) is 5.60 Å². The number of carbonyl (C=O) groups excluding carboxylic acids is 1. The van der Waals surface area contributed by atoms with Crippen LogP contribution in [0.5, 0.6) is 0 Å². The number of likely N-dealkylation sites (tertiary alicyclic amines) is 1. The second kappa shape index (κ2) is 4.30. The average molecular weight is 199 g/mol. The third-order valence-corrected chi connectivity index (χ3v) is 3.18. The van der Waals surface area contributed by atoms with E-state index >= 15 is 0 Å². The van der Waals surface area contributed by atoms with Crippen molar-refractivity contribution in [2.24, 2.45) is 5.92 Å². The van der Waals surface area contributed by atoms with Gasteiger partial charge in [0.2, 0.25) is 5.91 Å². The predicted octanol–water partition coefficient (Wildman–Crippen LogP) is 1.41. The van der Waals surface area contributed by atoms with Gasteiger partial charge in [0.15, 0.2) is 0 Å². The monoisotopic (exact) mass is 199 g/mol. The molecule has 1 unspecified atom stereocenters. The van der Waals surface area contributed by atoms with Gasteiger partial charge in [-0.05, 0) is 25.7 Å². The number of hydrogen-bond donors (Lipinski definition) is 1. The molecule has 14 heavy (non-hydrogen) atoms. The quantitative estimate of drug-likeness (QED) is 0.746. The van der Waals surface area contributed by atoms with E-state index < -0.39 is 5.60 Å². The molecule has 3 heteroatoms. The first kappa shape index (κ1) is 11.5. The van der Waals surface area contributed by atoms with Crippen LogP contribution >= 0.6 is 0 Å². The zero-order valence-electron chi connectivity index (χ0n) is 9.42. The summed E-state index contributed by atoms with van der Waals surface area (Å²) in [5.74, 6) is 0.370. The summed E-state index contributed by atoms with van der Waals surface area (Å²) in [5, 5.41) is 10.1. The second-order valence-electron chi connectivity index (χ2n) is 4.78. The van der Waals surface area contributed by atoms with Crippen molar-refractivity contribution in [3.8, 4) is 0 Å². The standard InChI is InChI=1S/C11H21NO2/c1-9(2)11(3,14)8-12-7-5-4-6-10(12)13/h9,14H,4-8H2,1-3H3. The van der Waals surface area contributed by atoms with Crippen LogP contribution in [0.3, 0.4) is 0 Å². The molecule has 1 N–H and O–H groups in total. The number of hydrogen-bond acceptors (Lipinski definition) is 2. The lowest BCUT2D eigenvalue weighted by molar-refractivity contribution is -0.138.